The zero-order chi connectivity index (χ0) is 21.9. The van der Waals surface area contributed by atoms with Gasteiger partial charge in [0.15, 0.2) is 11.9 Å². The zero-order valence-corrected chi connectivity index (χ0v) is 17.2. The highest BCUT2D eigenvalue weighted by atomic mass is 16.6. The Labute approximate surface area is 175 Å². The summed E-state index contributed by atoms with van der Waals surface area (Å²) in [7, 11) is 1.57. The van der Waals surface area contributed by atoms with Gasteiger partial charge in [0, 0.05) is 29.9 Å². The average molecular weight is 414 g/mol. The molecule has 0 saturated heterocycles. The summed E-state index contributed by atoms with van der Waals surface area (Å²) in [5.41, 5.74) is 0.0907. The molecule has 0 radical (unpaired) electrons. The summed E-state index contributed by atoms with van der Waals surface area (Å²) in [6.07, 6.45) is 4.12. The Balaban J connectivity index is 1.53. The molecular weight excluding hydrogens is 388 g/mol. The lowest BCUT2D eigenvalue weighted by molar-refractivity contribution is -0.155. The zero-order valence-electron chi connectivity index (χ0n) is 17.2. The highest BCUT2D eigenvalue weighted by Crippen LogP contribution is 2.57. The molecule has 0 amide bonds. The third-order valence-corrected chi connectivity index (χ3v) is 5.76. The number of hydrogen-bond donors (Lipinski definition) is 1. The fourth-order valence-electron chi connectivity index (χ4n) is 3.72. The Morgan fingerprint density at radius 3 is 2.63 bits per heavy atom. The molecule has 1 N–H and O–H groups in total. The van der Waals surface area contributed by atoms with Crippen LogP contribution in [0.4, 0.5) is 0 Å². The molecule has 7 heteroatoms. The van der Waals surface area contributed by atoms with Crippen molar-refractivity contribution in [2.24, 2.45) is 11.3 Å². The topological polar surface area (TPSA) is 99.1 Å². The Morgan fingerprint density at radius 2 is 2.00 bits per heavy atom. The summed E-state index contributed by atoms with van der Waals surface area (Å²) in [6.45, 7) is 3.31. The maximum atomic E-state index is 12.7. The number of rotatable bonds is 8. The van der Waals surface area contributed by atoms with Crippen LogP contribution >= 0.6 is 0 Å². The van der Waals surface area contributed by atoms with Crippen molar-refractivity contribution in [1.82, 2.24) is 0 Å². The summed E-state index contributed by atoms with van der Waals surface area (Å²) in [4.78, 5) is 36.2. The molecule has 1 aromatic carbocycles. The number of Topliss-reactive ketones (excluding diaryl/α,β-unsaturated/α-hetero) is 1. The van der Waals surface area contributed by atoms with Crippen LogP contribution in [0.15, 0.2) is 42.5 Å². The lowest BCUT2D eigenvalue weighted by atomic mass is 9.90. The van der Waals surface area contributed by atoms with Gasteiger partial charge in [-0.3, -0.25) is 4.79 Å². The van der Waals surface area contributed by atoms with Gasteiger partial charge >= 0.3 is 11.9 Å². The molecule has 0 bridgehead atoms. The number of ketones is 1. The third kappa shape index (κ3) is 4.79. The number of aliphatic hydroxyl groups excluding tert-OH is 1. The fraction of sp³-hybridized carbons (Fsp3) is 0.435. The van der Waals surface area contributed by atoms with E-state index in [-0.39, 0.29) is 5.78 Å². The molecule has 160 valence electrons. The summed E-state index contributed by atoms with van der Waals surface area (Å²) in [6, 6.07) is 7.13. The smallest absolute Gasteiger partial charge is 0.331 e. The van der Waals surface area contributed by atoms with Crippen molar-refractivity contribution in [1.29, 1.82) is 0 Å². The Kier molecular flexibility index (Phi) is 6.41. The van der Waals surface area contributed by atoms with Crippen molar-refractivity contribution < 1.29 is 33.7 Å². The largest absolute Gasteiger partial charge is 0.497 e. The average Bonchev–Trinajstić information content (AvgIpc) is 3.44. The predicted molar refractivity (Wildman–Crippen MR) is 108 cm³/mol. The molecule has 1 aliphatic heterocycles. The highest BCUT2D eigenvalue weighted by Gasteiger charge is 2.61. The molecule has 1 fully saturated rings. The van der Waals surface area contributed by atoms with Gasteiger partial charge in [-0.15, -0.1) is 0 Å². The molecule has 7 nitrogen and oxygen atoms in total. The molecule has 1 heterocycles. The van der Waals surface area contributed by atoms with Gasteiger partial charge < -0.3 is 19.3 Å². The van der Waals surface area contributed by atoms with Crippen molar-refractivity contribution in [2.45, 2.75) is 45.0 Å². The monoisotopic (exact) mass is 414 g/mol. The highest BCUT2D eigenvalue weighted by molar-refractivity contribution is 5.93. The molecule has 0 spiro atoms. The predicted octanol–water partition coefficient (Wildman–Crippen LogP) is 2.47. The molecule has 30 heavy (non-hydrogen) atoms. The van der Waals surface area contributed by atoms with Gasteiger partial charge in [0.05, 0.1) is 13.2 Å². The number of methoxy groups -OCH3 is 1. The number of carbonyl (C=O) groups excluding carboxylic acids is 3. The van der Waals surface area contributed by atoms with E-state index < -0.39 is 41.6 Å². The van der Waals surface area contributed by atoms with Gasteiger partial charge in [0.25, 0.3) is 0 Å². The first kappa shape index (κ1) is 21.8. The summed E-state index contributed by atoms with van der Waals surface area (Å²) >= 11 is 0. The molecule has 1 saturated carbocycles. The maximum absolute atomic E-state index is 12.7. The number of esters is 2. The summed E-state index contributed by atoms with van der Waals surface area (Å²) < 4.78 is 15.5. The van der Waals surface area contributed by atoms with Crippen LogP contribution in [0.2, 0.25) is 0 Å². The van der Waals surface area contributed by atoms with Crippen LogP contribution in [0.3, 0.4) is 0 Å². The van der Waals surface area contributed by atoms with Crippen molar-refractivity contribution in [3.63, 3.8) is 0 Å². The van der Waals surface area contributed by atoms with Crippen molar-refractivity contribution in [2.75, 3.05) is 7.11 Å². The first-order valence-corrected chi connectivity index (χ1v) is 9.86. The van der Waals surface area contributed by atoms with E-state index in [1.165, 1.54) is 19.1 Å². The fourth-order valence-corrected chi connectivity index (χ4v) is 3.72. The molecule has 1 aliphatic carbocycles. The van der Waals surface area contributed by atoms with E-state index in [2.05, 4.69) is 0 Å². The van der Waals surface area contributed by atoms with E-state index in [0.717, 1.165) is 5.56 Å². The van der Waals surface area contributed by atoms with Gasteiger partial charge in [-0.1, -0.05) is 25.1 Å². The van der Waals surface area contributed by atoms with E-state index in [1.54, 1.807) is 50.5 Å². The standard InChI is InChI=1S/C23H26O7/c1-14(29-20(25)12-9-15-7-10-16(28-3)11-8-15)21(26)17-13-23(17,2)22(27)18-5-4-6-19(24)30-18/h4,6-12,14,17-18,22,27H,5,13H2,1-3H3. The molecule has 5 atom stereocenters. The van der Waals surface area contributed by atoms with Crippen LogP contribution < -0.4 is 4.74 Å². The van der Waals surface area contributed by atoms with Crippen LogP contribution in [-0.4, -0.2) is 48.3 Å². The SMILES string of the molecule is COc1ccc(C=CC(=O)OC(C)C(=O)C2CC2(C)C(O)C2CC=CC(=O)O2)cc1. The van der Waals surface area contributed by atoms with Crippen LogP contribution in [0.1, 0.15) is 32.3 Å². The van der Waals surface area contributed by atoms with Crippen LogP contribution in [0.25, 0.3) is 6.08 Å². The molecule has 5 unspecified atom stereocenters. The molecule has 3 rings (SSSR count). The number of hydrogen-bond acceptors (Lipinski definition) is 7. The Bertz CT molecular complexity index is 870. The number of benzene rings is 1. The van der Waals surface area contributed by atoms with Crippen LogP contribution in [0, 0.1) is 11.3 Å². The minimum atomic E-state index is -0.960. The van der Waals surface area contributed by atoms with E-state index in [1.807, 2.05) is 0 Å². The minimum absolute atomic E-state index is 0.250. The molecular formula is C23H26O7. The number of carbonyl (C=O) groups is 3. The molecule has 1 aromatic rings. The van der Waals surface area contributed by atoms with Gasteiger partial charge in [-0.2, -0.15) is 0 Å². The minimum Gasteiger partial charge on any atom is -0.497 e. The van der Waals surface area contributed by atoms with E-state index in [9.17, 15) is 19.5 Å². The van der Waals surface area contributed by atoms with E-state index in [0.29, 0.717) is 18.6 Å². The second-order valence-electron chi connectivity index (χ2n) is 7.91. The normalized spacial score (nSPS) is 27.3. The van der Waals surface area contributed by atoms with Gasteiger partial charge in [-0.25, -0.2) is 9.59 Å². The quantitative estimate of drug-likeness (QED) is 0.515. The van der Waals surface area contributed by atoms with Crippen molar-refractivity contribution in [3.05, 3.63) is 48.1 Å². The Hall–Kier alpha value is -2.93. The summed E-state index contributed by atoms with van der Waals surface area (Å²) in [5.74, 6) is -1.11. The van der Waals surface area contributed by atoms with Gasteiger partial charge in [0.2, 0.25) is 0 Å². The first-order valence-electron chi connectivity index (χ1n) is 9.86. The third-order valence-electron chi connectivity index (χ3n) is 5.76. The summed E-state index contributed by atoms with van der Waals surface area (Å²) in [5, 5.41) is 10.6. The lowest BCUT2D eigenvalue weighted by Crippen LogP contribution is -2.40. The Morgan fingerprint density at radius 1 is 1.30 bits per heavy atom. The second-order valence-corrected chi connectivity index (χ2v) is 7.91. The first-order chi connectivity index (χ1) is 14.2. The van der Waals surface area contributed by atoms with Crippen LogP contribution in [-0.2, 0) is 23.9 Å². The van der Waals surface area contributed by atoms with E-state index >= 15 is 0 Å². The molecule has 2 aliphatic rings. The van der Waals surface area contributed by atoms with Crippen LogP contribution in [0.5, 0.6) is 5.75 Å². The van der Waals surface area contributed by atoms with Crippen molar-refractivity contribution in [3.8, 4) is 5.75 Å². The second kappa shape index (κ2) is 8.83. The van der Waals surface area contributed by atoms with Crippen molar-refractivity contribution >= 4 is 23.8 Å². The van der Waals surface area contributed by atoms with Gasteiger partial charge in [0.1, 0.15) is 11.9 Å². The number of aliphatic hydroxyl groups is 1. The number of ether oxygens (including phenoxy) is 3. The maximum Gasteiger partial charge on any atom is 0.331 e. The molecule has 0 aromatic heterocycles. The van der Waals surface area contributed by atoms with Gasteiger partial charge in [-0.05, 0) is 37.1 Å². The lowest BCUT2D eigenvalue weighted by Gasteiger charge is -2.29. The number of cyclic esters (lactones) is 1. The van der Waals surface area contributed by atoms with E-state index in [4.69, 9.17) is 14.2 Å².